The van der Waals surface area contributed by atoms with Crippen LogP contribution in [0, 0.1) is 18.6 Å². The first kappa shape index (κ1) is 23.6. The number of sulfonamides is 1. The van der Waals surface area contributed by atoms with Gasteiger partial charge in [-0.3, -0.25) is 9.10 Å². The summed E-state index contributed by atoms with van der Waals surface area (Å²) in [6.07, 6.45) is 0. The SMILES string of the molecule is Cc1cccc(NC(=O)c2scc(-c3ccc(F)cc3)c2S(=O)(=O)N(C)c2cccc(F)c2)c1. The number of thiophene rings is 1. The zero-order valence-electron chi connectivity index (χ0n) is 18.2. The third-order valence-corrected chi connectivity index (χ3v) is 8.15. The van der Waals surface area contributed by atoms with E-state index in [1.807, 2.05) is 13.0 Å². The van der Waals surface area contributed by atoms with Crippen LogP contribution in [0.15, 0.2) is 83.1 Å². The Hall–Kier alpha value is -3.56. The Morgan fingerprint density at radius 2 is 1.65 bits per heavy atom. The summed E-state index contributed by atoms with van der Waals surface area (Å²) in [5.41, 5.74) is 2.22. The standard InChI is InChI=1S/C25H20F2N2O3S2/c1-16-5-3-7-20(13-16)28-25(30)23-24(22(15-33-23)17-9-11-18(26)12-10-17)34(31,32)29(2)21-8-4-6-19(27)14-21/h3-15H,1-2H3,(H,28,30). The van der Waals surface area contributed by atoms with Crippen molar-refractivity contribution in [2.24, 2.45) is 0 Å². The lowest BCUT2D eigenvalue weighted by molar-refractivity contribution is 0.102. The van der Waals surface area contributed by atoms with Crippen LogP contribution in [0.1, 0.15) is 15.2 Å². The zero-order valence-corrected chi connectivity index (χ0v) is 19.9. The van der Waals surface area contributed by atoms with Crippen molar-refractivity contribution < 1.29 is 22.0 Å². The maximum Gasteiger partial charge on any atom is 0.267 e. The molecule has 4 rings (SSSR count). The minimum absolute atomic E-state index is 0.0379. The van der Waals surface area contributed by atoms with Crippen LogP contribution in [0.3, 0.4) is 0 Å². The first-order valence-electron chi connectivity index (χ1n) is 10.2. The number of anilines is 2. The van der Waals surface area contributed by atoms with Crippen molar-refractivity contribution in [3.05, 3.63) is 100 Å². The Morgan fingerprint density at radius 1 is 0.941 bits per heavy atom. The number of benzene rings is 3. The van der Waals surface area contributed by atoms with Crippen LogP contribution in [0.5, 0.6) is 0 Å². The predicted molar refractivity (Wildman–Crippen MR) is 131 cm³/mol. The number of aryl methyl sites for hydroxylation is 1. The summed E-state index contributed by atoms with van der Waals surface area (Å²) < 4.78 is 55.7. The van der Waals surface area contributed by atoms with Gasteiger partial charge in [-0.25, -0.2) is 17.2 Å². The molecular weight excluding hydrogens is 478 g/mol. The van der Waals surface area contributed by atoms with Crippen molar-refractivity contribution in [1.82, 2.24) is 0 Å². The van der Waals surface area contributed by atoms with Crippen molar-refractivity contribution >= 4 is 38.6 Å². The minimum atomic E-state index is -4.31. The van der Waals surface area contributed by atoms with Crippen molar-refractivity contribution in [2.45, 2.75) is 11.8 Å². The second-order valence-corrected chi connectivity index (χ2v) is 10.4. The number of hydrogen-bond acceptors (Lipinski definition) is 4. The lowest BCUT2D eigenvalue weighted by Crippen LogP contribution is -2.28. The van der Waals surface area contributed by atoms with E-state index in [4.69, 9.17) is 0 Å². The second-order valence-electron chi connectivity index (χ2n) is 7.59. The highest BCUT2D eigenvalue weighted by molar-refractivity contribution is 7.93. The van der Waals surface area contributed by atoms with Gasteiger partial charge in [0.05, 0.1) is 5.69 Å². The summed E-state index contributed by atoms with van der Waals surface area (Å²) >= 11 is 0.964. The molecule has 9 heteroatoms. The number of halogens is 2. The molecule has 1 N–H and O–H groups in total. The maximum absolute atomic E-state index is 13.8. The van der Waals surface area contributed by atoms with Gasteiger partial charge in [-0.2, -0.15) is 0 Å². The third-order valence-electron chi connectivity index (χ3n) is 5.17. The van der Waals surface area contributed by atoms with Crippen molar-refractivity contribution in [1.29, 1.82) is 0 Å². The molecular formula is C25H20F2N2O3S2. The van der Waals surface area contributed by atoms with Gasteiger partial charge < -0.3 is 5.32 Å². The van der Waals surface area contributed by atoms with Crippen LogP contribution in [-0.2, 0) is 10.0 Å². The van der Waals surface area contributed by atoms with E-state index in [1.165, 1.54) is 49.5 Å². The fourth-order valence-corrected chi connectivity index (χ4v) is 6.29. The molecule has 1 amide bonds. The molecule has 0 aliphatic carbocycles. The van der Waals surface area contributed by atoms with E-state index in [0.29, 0.717) is 11.3 Å². The number of rotatable bonds is 6. The fourth-order valence-electron chi connectivity index (χ4n) is 3.45. The number of carbonyl (C=O) groups excluding carboxylic acids is 1. The van der Waals surface area contributed by atoms with E-state index in [9.17, 15) is 22.0 Å². The van der Waals surface area contributed by atoms with E-state index < -0.39 is 27.6 Å². The van der Waals surface area contributed by atoms with Gasteiger partial charge >= 0.3 is 0 Å². The van der Waals surface area contributed by atoms with Crippen LogP contribution in [-0.4, -0.2) is 21.4 Å². The Labute approximate surface area is 200 Å². The van der Waals surface area contributed by atoms with Gasteiger partial charge in [-0.15, -0.1) is 11.3 Å². The summed E-state index contributed by atoms with van der Waals surface area (Å²) in [7, 11) is -3.02. The van der Waals surface area contributed by atoms with E-state index in [-0.39, 0.29) is 21.0 Å². The lowest BCUT2D eigenvalue weighted by atomic mass is 10.1. The molecule has 0 saturated heterocycles. The van der Waals surface area contributed by atoms with Gasteiger partial charge in [0.2, 0.25) is 0 Å². The first-order chi connectivity index (χ1) is 16.2. The number of amides is 1. The molecule has 34 heavy (non-hydrogen) atoms. The predicted octanol–water partition coefficient (Wildman–Crippen LogP) is 6.08. The second kappa shape index (κ2) is 9.36. The molecule has 0 radical (unpaired) electrons. The Morgan fingerprint density at radius 3 is 2.32 bits per heavy atom. The van der Waals surface area contributed by atoms with Crippen LogP contribution in [0.2, 0.25) is 0 Å². The van der Waals surface area contributed by atoms with E-state index in [2.05, 4.69) is 5.32 Å². The molecule has 1 aromatic heterocycles. The maximum atomic E-state index is 13.8. The normalized spacial score (nSPS) is 11.3. The van der Waals surface area contributed by atoms with Gasteiger partial charge in [0.1, 0.15) is 21.4 Å². The Bertz CT molecular complexity index is 1470. The van der Waals surface area contributed by atoms with Gasteiger partial charge in [-0.1, -0.05) is 30.3 Å². The average Bonchev–Trinajstić information content (AvgIpc) is 3.25. The number of nitrogens with one attached hydrogen (secondary N) is 1. The molecule has 0 spiro atoms. The van der Waals surface area contributed by atoms with E-state index in [1.54, 1.807) is 23.6 Å². The molecule has 4 aromatic rings. The van der Waals surface area contributed by atoms with Crippen LogP contribution in [0.25, 0.3) is 11.1 Å². The quantitative estimate of drug-likeness (QED) is 0.350. The first-order valence-corrected chi connectivity index (χ1v) is 12.5. The Balaban J connectivity index is 1.84. The smallest absolute Gasteiger partial charge is 0.267 e. The third kappa shape index (κ3) is 4.71. The summed E-state index contributed by atoms with van der Waals surface area (Å²) in [6, 6.07) is 17.6. The van der Waals surface area contributed by atoms with Gasteiger partial charge in [0.25, 0.3) is 15.9 Å². The summed E-state index contributed by atoms with van der Waals surface area (Å²) in [5.74, 6) is -1.67. The highest BCUT2D eigenvalue weighted by atomic mass is 32.2. The van der Waals surface area contributed by atoms with Crippen LogP contribution in [0.4, 0.5) is 20.2 Å². The van der Waals surface area contributed by atoms with Crippen molar-refractivity contribution in [2.75, 3.05) is 16.7 Å². The van der Waals surface area contributed by atoms with Gasteiger partial charge in [0, 0.05) is 23.7 Å². The molecule has 0 fully saturated rings. The highest BCUT2D eigenvalue weighted by Gasteiger charge is 2.33. The van der Waals surface area contributed by atoms with Gasteiger partial charge in [0.15, 0.2) is 0 Å². The molecule has 3 aromatic carbocycles. The van der Waals surface area contributed by atoms with Crippen LogP contribution >= 0.6 is 11.3 Å². The highest BCUT2D eigenvalue weighted by Crippen LogP contribution is 2.38. The molecule has 1 heterocycles. The van der Waals surface area contributed by atoms with Crippen molar-refractivity contribution in [3.63, 3.8) is 0 Å². The molecule has 0 unspecified atom stereocenters. The fraction of sp³-hybridized carbons (Fsp3) is 0.0800. The number of nitrogens with zero attached hydrogens (tertiary/aromatic N) is 1. The molecule has 5 nitrogen and oxygen atoms in total. The summed E-state index contributed by atoms with van der Waals surface area (Å²) in [6.45, 7) is 1.87. The average molecular weight is 499 g/mol. The zero-order chi connectivity index (χ0) is 24.5. The largest absolute Gasteiger partial charge is 0.321 e. The molecule has 0 atom stereocenters. The van der Waals surface area contributed by atoms with E-state index in [0.717, 1.165) is 27.3 Å². The van der Waals surface area contributed by atoms with Gasteiger partial charge in [-0.05, 0) is 60.5 Å². The van der Waals surface area contributed by atoms with Crippen LogP contribution < -0.4 is 9.62 Å². The van der Waals surface area contributed by atoms with E-state index >= 15 is 0 Å². The Kier molecular flexibility index (Phi) is 6.49. The molecule has 0 saturated carbocycles. The minimum Gasteiger partial charge on any atom is -0.321 e. The van der Waals surface area contributed by atoms with Crippen molar-refractivity contribution in [3.8, 4) is 11.1 Å². The summed E-state index contributed by atoms with van der Waals surface area (Å²) in [5, 5.41) is 4.29. The monoisotopic (exact) mass is 498 g/mol. The topological polar surface area (TPSA) is 66.5 Å². The molecule has 174 valence electrons. The molecule has 0 bridgehead atoms. The number of hydrogen-bond donors (Lipinski definition) is 1. The lowest BCUT2D eigenvalue weighted by Gasteiger charge is -2.21. The molecule has 0 aliphatic rings. The number of carbonyl (C=O) groups is 1. The summed E-state index contributed by atoms with van der Waals surface area (Å²) in [4.78, 5) is 12.9. The molecule has 0 aliphatic heterocycles.